The van der Waals surface area contributed by atoms with Crippen LogP contribution in [0.2, 0.25) is 5.02 Å². The largest absolute Gasteiger partial charge is 0.497 e. The summed E-state index contributed by atoms with van der Waals surface area (Å²) >= 11 is 6.25. The van der Waals surface area contributed by atoms with Crippen LogP contribution in [0.15, 0.2) is 23.2 Å². The van der Waals surface area contributed by atoms with Crippen molar-refractivity contribution in [1.29, 1.82) is 0 Å². The van der Waals surface area contributed by atoms with E-state index >= 15 is 0 Å². The molecule has 1 rings (SSSR count). The van der Waals surface area contributed by atoms with E-state index in [9.17, 15) is 4.79 Å². The van der Waals surface area contributed by atoms with Gasteiger partial charge in [0.25, 0.3) is 0 Å². The fourth-order valence-corrected chi connectivity index (χ4v) is 2.40. The Morgan fingerprint density at radius 1 is 1.19 bits per heavy atom. The number of carbonyl (C=O) groups excluding carboxylic acids is 1. The van der Waals surface area contributed by atoms with Gasteiger partial charge in [-0.25, -0.2) is 0 Å². The Labute approximate surface area is 178 Å². The number of hydrogen-bond acceptors (Lipinski definition) is 3. The normalized spacial score (nSPS) is 10.7. The lowest BCUT2D eigenvalue weighted by Gasteiger charge is -2.12. The minimum atomic E-state index is 0. The van der Waals surface area contributed by atoms with Gasteiger partial charge in [-0.15, -0.1) is 24.0 Å². The molecule has 0 aliphatic carbocycles. The van der Waals surface area contributed by atoms with E-state index in [4.69, 9.17) is 16.3 Å². The Hall–Kier alpha value is -1.22. The van der Waals surface area contributed by atoms with Crippen LogP contribution in [0.1, 0.15) is 32.3 Å². The molecular formula is C18H30ClIN4O2. The highest BCUT2D eigenvalue weighted by atomic mass is 127. The number of ether oxygens (including phenoxy) is 1. The SMILES string of the molecule is CCCNC(=O)CCN=C(NCC)NCCc1ccc(OC)cc1Cl.I. The van der Waals surface area contributed by atoms with Crippen LogP contribution >= 0.6 is 35.6 Å². The number of hydrogen-bond donors (Lipinski definition) is 3. The molecule has 6 nitrogen and oxygen atoms in total. The van der Waals surface area contributed by atoms with Crippen molar-refractivity contribution in [3.63, 3.8) is 0 Å². The van der Waals surface area contributed by atoms with Gasteiger partial charge in [0.05, 0.1) is 13.7 Å². The topological polar surface area (TPSA) is 74.8 Å². The molecule has 0 atom stereocenters. The molecule has 0 heterocycles. The minimum Gasteiger partial charge on any atom is -0.497 e. The van der Waals surface area contributed by atoms with Gasteiger partial charge in [-0.05, 0) is 37.5 Å². The van der Waals surface area contributed by atoms with Crippen LogP contribution < -0.4 is 20.7 Å². The summed E-state index contributed by atoms with van der Waals surface area (Å²) in [5.74, 6) is 1.49. The van der Waals surface area contributed by atoms with E-state index in [1.807, 2.05) is 32.0 Å². The van der Waals surface area contributed by atoms with Gasteiger partial charge in [-0.1, -0.05) is 24.6 Å². The molecule has 0 aliphatic heterocycles. The number of guanidine groups is 1. The second kappa shape index (κ2) is 14.9. The molecule has 0 aromatic heterocycles. The molecule has 0 radical (unpaired) electrons. The first-order valence-electron chi connectivity index (χ1n) is 8.72. The molecule has 0 fully saturated rings. The Morgan fingerprint density at radius 3 is 2.58 bits per heavy atom. The number of amides is 1. The van der Waals surface area contributed by atoms with Crippen molar-refractivity contribution in [3.8, 4) is 5.75 Å². The molecule has 0 saturated carbocycles. The van der Waals surface area contributed by atoms with Crippen LogP contribution in [0.4, 0.5) is 0 Å². The number of rotatable bonds is 10. The summed E-state index contributed by atoms with van der Waals surface area (Å²) in [5, 5.41) is 9.97. The fourth-order valence-electron chi connectivity index (χ4n) is 2.14. The molecule has 0 spiro atoms. The average molecular weight is 497 g/mol. The monoisotopic (exact) mass is 496 g/mol. The number of nitrogens with one attached hydrogen (secondary N) is 3. The summed E-state index contributed by atoms with van der Waals surface area (Å²) in [4.78, 5) is 16.0. The van der Waals surface area contributed by atoms with Crippen molar-refractivity contribution in [3.05, 3.63) is 28.8 Å². The molecule has 3 N–H and O–H groups in total. The number of halogens is 2. The fraction of sp³-hybridized carbons (Fsp3) is 0.556. The second-order valence-electron chi connectivity index (χ2n) is 5.49. The maximum absolute atomic E-state index is 11.6. The van der Waals surface area contributed by atoms with E-state index in [0.717, 1.165) is 30.7 Å². The molecule has 0 saturated heterocycles. The van der Waals surface area contributed by atoms with Gasteiger partial charge in [-0.3, -0.25) is 9.79 Å². The van der Waals surface area contributed by atoms with Crippen LogP contribution in [0.5, 0.6) is 5.75 Å². The number of carbonyl (C=O) groups is 1. The smallest absolute Gasteiger partial charge is 0.221 e. The minimum absolute atomic E-state index is 0. The van der Waals surface area contributed by atoms with Crippen molar-refractivity contribution in [1.82, 2.24) is 16.0 Å². The zero-order valence-electron chi connectivity index (χ0n) is 15.7. The molecule has 148 valence electrons. The third-order valence-electron chi connectivity index (χ3n) is 3.47. The first-order valence-corrected chi connectivity index (χ1v) is 9.09. The second-order valence-corrected chi connectivity index (χ2v) is 5.90. The van der Waals surface area contributed by atoms with E-state index in [0.29, 0.717) is 37.0 Å². The average Bonchev–Trinajstić information content (AvgIpc) is 2.61. The maximum Gasteiger partial charge on any atom is 0.221 e. The van der Waals surface area contributed by atoms with Crippen molar-refractivity contribution in [2.24, 2.45) is 4.99 Å². The number of methoxy groups -OCH3 is 1. The molecule has 0 unspecified atom stereocenters. The lowest BCUT2D eigenvalue weighted by molar-refractivity contribution is -0.120. The predicted molar refractivity (Wildman–Crippen MR) is 119 cm³/mol. The van der Waals surface area contributed by atoms with Crippen molar-refractivity contribution in [2.45, 2.75) is 33.1 Å². The van der Waals surface area contributed by atoms with Gasteiger partial charge >= 0.3 is 0 Å². The van der Waals surface area contributed by atoms with Crippen molar-refractivity contribution < 1.29 is 9.53 Å². The van der Waals surface area contributed by atoms with Crippen molar-refractivity contribution in [2.75, 3.05) is 33.3 Å². The van der Waals surface area contributed by atoms with Crippen LogP contribution in [-0.4, -0.2) is 45.2 Å². The van der Waals surface area contributed by atoms with Crippen LogP contribution in [0.25, 0.3) is 0 Å². The summed E-state index contributed by atoms with van der Waals surface area (Å²) in [6.07, 6.45) is 2.10. The number of aliphatic imine (C=N–C) groups is 1. The first-order chi connectivity index (χ1) is 12.1. The molecule has 1 aromatic rings. The third-order valence-corrected chi connectivity index (χ3v) is 3.82. The molecule has 26 heavy (non-hydrogen) atoms. The van der Waals surface area contributed by atoms with Gasteiger partial charge < -0.3 is 20.7 Å². The Kier molecular flexibility index (Phi) is 14.2. The van der Waals surface area contributed by atoms with Crippen LogP contribution in [0.3, 0.4) is 0 Å². The van der Waals surface area contributed by atoms with Gasteiger partial charge in [0, 0.05) is 31.1 Å². The highest BCUT2D eigenvalue weighted by Crippen LogP contribution is 2.22. The Bertz CT molecular complexity index is 570. The van der Waals surface area contributed by atoms with E-state index in [-0.39, 0.29) is 29.9 Å². The standard InChI is InChI=1S/C18H29ClN4O2.HI/c1-4-10-21-17(24)9-12-23-18(20-5-2)22-11-8-14-6-7-15(25-3)13-16(14)19;/h6-7,13H,4-5,8-12H2,1-3H3,(H,21,24)(H2,20,22,23);1H. The summed E-state index contributed by atoms with van der Waals surface area (Å²) in [6, 6.07) is 5.67. The van der Waals surface area contributed by atoms with Gasteiger partial charge in [-0.2, -0.15) is 0 Å². The molecule has 8 heteroatoms. The zero-order chi connectivity index (χ0) is 18.5. The van der Waals surface area contributed by atoms with Gasteiger partial charge in [0.1, 0.15) is 5.75 Å². The third kappa shape index (κ3) is 10.1. The molecule has 0 aliphatic rings. The molecule has 1 aromatic carbocycles. The van der Waals surface area contributed by atoms with Crippen LogP contribution in [-0.2, 0) is 11.2 Å². The Morgan fingerprint density at radius 2 is 1.96 bits per heavy atom. The lowest BCUT2D eigenvalue weighted by Crippen LogP contribution is -2.38. The maximum atomic E-state index is 11.6. The van der Waals surface area contributed by atoms with Gasteiger partial charge in [0.2, 0.25) is 5.91 Å². The van der Waals surface area contributed by atoms with E-state index < -0.39 is 0 Å². The number of benzene rings is 1. The lowest BCUT2D eigenvalue weighted by atomic mass is 10.1. The number of nitrogens with zero attached hydrogens (tertiary/aromatic N) is 1. The first kappa shape index (κ1) is 24.8. The molecule has 0 bridgehead atoms. The summed E-state index contributed by atoms with van der Waals surface area (Å²) in [6.45, 7) is 6.65. The van der Waals surface area contributed by atoms with E-state index in [1.54, 1.807) is 7.11 Å². The predicted octanol–water partition coefficient (Wildman–Crippen LogP) is 2.98. The van der Waals surface area contributed by atoms with E-state index in [2.05, 4.69) is 20.9 Å². The van der Waals surface area contributed by atoms with Crippen LogP contribution in [0, 0.1) is 0 Å². The quantitative estimate of drug-likeness (QED) is 0.264. The highest BCUT2D eigenvalue weighted by molar-refractivity contribution is 14.0. The van der Waals surface area contributed by atoms with Gasteiger partial charge in [0.15, 0.2) is 5.96 Å². The summed E-state index contributed by atoms with van der Waals surface area (Å²) < 4.78 is 5.15. The van der Waals surface area contributed by atoms with Crippen molar-refractivity contribution >= 4 is 47.4 Å². The summed E-state index contributed by atoms with van der Waals surface area (Å²) in [5.41, 5.74) is 1.05. The Balaban J connectivity index is 0.00000625. The molecule has 1 amide bonds. The zero-order valence-corrected chi connectivity index (χ0v) is 18.8. The van der Waals surface area contributed by atoms with E-state index in [1.165, 1.54) is 0 Å². The highest BCUT2D eigenvalue weighted by Gasteiger charge is 2.04. The summed E-state index contributed by atoms with van der Waals surface area (Å²) in [7, 11) is 1.62. The molecular weight excluding hydrogens is 467 g/mol.